The van der Waals surface area contributed by atoms with Gasteiger partial charge in [0.1, 0.15) is 0 Å². The molecule has 2 heterocycles. The van der Waals surface area contributed by atoms with Crippen LogP contribution in [0.15, 0.2) is 30.5 Å². The smallest absolute Gasteiger partial charge is 0.297 e. The summed E-state index contributed by atoms with van der Waals surface area (Å²) in [4.78, 5) is 15.6. The van der Waals surface area contributed by atoms with E-state index < -0.39 is 0 Å². The molecule has 2 aromatic heterocycles. The van der Waals surface area contributed by atoms with Gasteiger partial charge in [-0.1, -0.05) is 18.2 Å². The first-order valence-corrected chi connectivity index (χ1v) is 7.81. The molecule has 124 valence electrons. The standard InChI is InChI=1S/C18H20N4O2/c1-11-6-5-7-12(2)15(11)10-19-17-16(22(23)24)8-9-21-14(4)13(3)20-18(17)21/h5-9,19H,10H2,1-4H3. The molecule has 0 saturated carbocycles. The summed E-state index contributed by atoms with van der Waals surface area (Å²) in [6, 6.07) is 7.62. The van der Waals surface area contributed by atoms with E-state index in [1.165, 1.54) is 6.07 Å². The lowest BCUT2D eigenvalue weighted by Gasteiger charge is -2.13. The summed E-state index contributed by atoms with van der Waals surface area (Å²) < 4.78 is 1.88. The number of pyridine rings is 1. The molecule has 0 bridgehead atoms. The van der Waals surface area contributed by atoms with Crippen molar-refractivity contribution >= 4 is 17.0 Å². The van der Waals surface area contributed by atoms with Crippen LogP contribution in [0.3, 0.4) is 0 Å². The van der Waals surface area contributed by atoms with E-state index in [0.29, 0.717) is 17.9 Å². The highest BCUT2D eigenvalue weighted by molar-refractivity contribution is 5.78. The molecule has 1 aromatic carbocycles. The number of benzene rings is 1. The van der Waals surface area contributed by atoms with E-state index in [9.17, 15) is 10.1 Å². The zero-order valence-electron chi connectivity index (χ0n) is 14.3. The fourth-order valence-electron chi connectivity index (χ4n) is 2.95. The summed E-state index contributed by atoms with van der Waals surface area (Å²) in [5.41, 5.74) is 6.40. The van der Waals surface area contributed by atoms with Gasteiger partial charge in [-0.3, -0.25) is 10.1 Å². The molecule has 0 fully saturated rings. The Kier molecular flexibility index (Phi) is 3.97. The molecule has 0 saturated heterocycles. The average Bonchev–Trinajstić information content (AvgIpc) is 2.82. The minimum atomic E-state index is -0.369. The number of rotatable bonds is 4. The predicted molar refractivity (Wildman–Crippen MR) is 94.6 cm³/mol. The van der Waals surface area contributed by atoms with Crippen LogP contribution in [0.5, 0.6) is 0 Å². The molecule has 0 spiro atoms. The number of anilines is 1. The highest BCUT2D eigenvalue weighted by atomic mass is 16.6. The number of aryl methyl sites for hydroxylation is 4. The molecule has 0 radical (unpaired) electrons. The Balaban J connectivity index is 2.09. The molecule has 0 atom stereocenters. The Labute approximate surface area is 140 Å². The highest BCUT2D eigenvalue weighted by Crippen LogP contribution is 2.30. The quantitative estimate of drug-likeness (QED) is 0.579. The molecule has 3 rings (SSSR count). The molecule has 3 aromatic rings. The molecule has 6 nitrogen and oxygen atoms in total. The summed E-state index contributed by atoms with van der Waals surface area (Å²) >= 11 is 0. The Morgan fingerprint density at radius 3 is 2.46 bits per heavy atom. The number of fused-ring (bicyclic) bond motifs is 1. The largest absolute Gasteiger partial charge is 0.372 e. The predicted octanol–water partition coefficient (Wildman–Crippen LogP) is 4.09. The van der Waals surface area contributed by atoms with E-state index in [0.717, 1.165) is 28.1 Å². The molecule has 0 aliphatic carbocycles. The number of nitro groups is 1. The average molecular weight is 324 g/mol. The van der Waals surface area contributed by atoms with Crippen molar-refractivity contribution in [1.29, 1.82) is 0 Å². The number of imidazole rings is 1. The lowest BCUT2D eigenvalue weighted by atomic mass is 10.0. The second kappa shape index (κ2) is 5.96. The maximum Gasteiger partial charge on any atom is 0.297 e. The van der Waals surface area contributed by atoms with Crippen molar-refractivity contribution in [3.8, 4) is 0 Å². The first-order chi connectivity index (χ1) is 11.4. The Morgan fingerprint density at radius 2 is 1.83 bits per heavy atom. The van der Waals surface area contributed by atoms with Crippen molar-refractivity contribution in [2.24, 2.45) is 0 Å². The van der Waals surface area contributed by atoms with E-state index in [2.05, 4.69) is 10.3 Å². The fourth-order valence-corrected chi connectivity index (χ4v) is 2.95. The third-order valence-electron chi connectivity index (χ3n) is 4.53. The summed E-state index contributed by atoms with van der Waals surface area (Å²) in [6.45, 7) is 8.47. The normalized spacial score (nSPS) is 11.0. The fraction of sp³-hybridized carbons (Fsp3) is 0.278. The van der Waals surface area contributed by atoms with Crippen LogP contribution in [-0.4, -0.2) is 14.3 Å². The van der Waals surface area contributed by atoms with Gasteiger partial charge in [0, 0.05) is 24.5 Å². The maximum atomic E-state index is 11.4. The number of hydrogen-bond donors (Lipinski definition) is 1. The van der Waals surface area contributed by atoms with Crippen molar-refractivity contribution < 1.29 is 4.92 Å². The monoisotopic (exact) mass is 324 g/mol. The van der Waals surface area contributed by atoms with Gasteiger partial charge in [-0.05, 0) is 44.4 Å². The van der Waals surface area contributed by atoms with Crippen LogP contribution < -0.4 is 5.32 Å². The third kappa shape index (κ3) is 2.60. The topological polar surface area (TPSA) is 72.5 Å². The molecule has 0 aliphatic rings. The summed E-state index contributed by atoms with van der Waals surface area (Å²) in [5.74, 6) is 0. The van der Waals surface area contributed by atoms with Gasteiger partial charge >= 0.3 is 0 Å². The van der Waals surface area contributed by atoms with Gasteiger partial charge in [-0.15, -0.1) is 0 Å². The third-order valence-corrected chi connectivity index (χ3v) is 4.53. The lowest BCUT2D eigenvalue weighted by Crippen LogP contribution is -2.07. The van der Waals surface area contributed by atoms with Crippen LogP contribution in [0, 0.1) is 37.8 Å². The zero-order valence-corrected chi connectivity index (χ0v) is 14.3. The first kappa shape index (κ1) is 16.0. The molecule has 24 heavy (non-hydrogen) atoms. The van der Waals surface area contributed by atoms with Crippen LogP contribution in [0.4, 0.5) is 11.4 Å². The number of nitrogens with zero attached hydrogens (tertiary/aromatic N) is 3. The molecule has 0 unspecified atom stereocenters. The van der Waals surface area contributed by atoms with Crippen molar-refractivity contribution in [3.05, 3.63) is 68.7 Å². The van der Waals surface area contributed by atoms with E-state index >= 15 is 0 Å². The highest BCUT2D eigenvalue weighted by Gasteiger charge is 2.20. The second-order valence-corrected chi connectivity index (χ2v) is 6.03. The van der Waals surface area contributed by atoms with Crippen LogP contribution >= 0.6 is 0 Å². The van der Waals surface area contributed by atoms with Crippen molar-refractivity contribution in [3.63, 3.8) is 0 Å². The summed E-state index contributed by atoms with van der Waals surface area (Å²) in [5, 5.41) is 14.7. The molecule has 6 heteroatoms. The van der Waals surface area contributed by atoms with Crippen LogP contribution in [-0.2, 0) is 6.54 Å². The van der Waals surface area contributed by atoms with Gasteiger partial charge in [0.2, 0.25) is 0 Å². The van der Waals surface area contributed by atoms with E-state index in [1.54, 1.807) is 6.20 Å². The molecular weight excluding hydrogens is 304 g/mol. The summed E-state index contributed by atoms with van der Waals surface area (Å²) in [7, 11) is 0. The zero-order chi connectivity index (χ0) is 17.4. The van der Waals surface area contributed by atoms with E-state index in [1.807, 2.05) is 50.3 Å². The molecule has 0 amide bonds. The van der Waals surface area contributed by atoms with Gasteiger partial charge in [0.25, 0.3) is 5.69 Å². The van der Waals surface area contributed by atoms with Crippen molar-refractivity contribution in [2.45, 2.75) is 34.2 Å². The van der Waals surface area contributed by atoms with Crippen LogP contribution in [0.2, 0.25) is 0 Å². The van der Waals surface area contributed by atoms with Crippen molar-refractivity contribution in [1.82, 2.24) is 9.38 Å². The van der Waals surface area contributed by atoms with Crippen LogP contribution in [0.25, 0.3) is 5.65 Å². The number of nitrogens with one attached hydrogen (secondary N) is 1. The van der Waals surface area contributed by atoms with Crippen LogP contribution in [0.1, 0.15) is 28.1 Å². The molecule has 0 aliphatic heterocycles. The lowest BCUT2D eigenvalue weighted by molar-refractivity contribution is -0.383. The maximum absolute atomic E-state index is 11.4. The van der Waals surface area contributed by atoms with Gasteiger partial charge in [-0.2, -0.15) is 0 Å². The van der Waals surface area contributed by atoms with Gasteiger partial charge in [0.15, 0.2) is 11.3 Å². The van der Waals surface area contributed by atoms with E-state index in [4.69, 9.17) is 0 Å². The Morgan fingerprint density at radius 1 is 1.17 bits per heavy atom. The minimum Gasteiger partial charge on any atom is -0.372 e. The first-order valence-electron chi connectivity index (χ1n) is 7.81. The van der Waals surface area contributed by atoms with Gasteiger partial charge in [0.05, 0.1) is 10.6 Å². The van der Waals surface area contributed by atoms with Gasteiger partial charge < -0.3 is 9.72 Å². The van der Waals surface area contributed by atoms with E-state index in [-0.39, 0.29) is 10.6 Å². The van der Waals surface area contributed by atoms with Crippen molar-refractivity contribution in [2.75, 3.05) is 5.32 Å². The Bertz CT molecular complexity index is 924. The number of hydrogen-bond acceptors (Lipinski definition) is 4. The molecule has 1 N–H and O–H groups in total. The summed E-state index contributed by atoms with van der Waals surface area (Å²) in [6.07, 6.45) is 1.70. The Hall–Kier alpha value is -2.89. The SMILES string of the molecule is Cc1cccc(C)c1CNc1c([N+](=O)[O-])ccn2c(C)c(C)nc12. The minimum absolute atomic E-state index is 0.0405. The second-order valence-electron chi connectivity index (χ2n) is 6.03. The number of aromatic nitrogens is 2. The van der Waals surface area contributed by atoms with Gasteiger partial charge in [-0.25, -0.2) is 4.98 Å². The molecular formula is C18H20N4O2.